The van der Waals surface area contributed by atoms with Crippen LogP contribution in [-0.4, -0.2) is 58.3 Å². The maximum atomic E-state index is 14.6. The number of pyridine rings is 1. The van der Waals surface area contributed by atoms with Crippen molar-refractivity contribution < 1.29 is 18.7 Å². The van der Waals surface area contributed by atoms with E-state index in [9.17, 15) is 9.18 Å². The number of nitrogens with one attached hydrogen (secondary N) is 1. The van der Waals surface area contributed by atoms with Crippen LogP contribution in [0.25, 0.3) is 21.9 Å². The topological polar surface area (TPSA) is 80.3 Å². The normalized spacial score (nSPS) is 19.1. The molecule has 164 valence electrons. The largest absolute Gasteiger partial charge is 0.465 e. The van der Waals surface area contributed by atoms with Crippen molar-refractivity contribution in [1.29, 1.82) is 0 Å². The molecule has 1 aliphatic rings. The summed E-state index contributed by atoms with van der Waals surface area (Å²) >= 11 is 0. The van der Waals surface area contributed by atoms with Crippen molar-refractivity contribution in [1.82, 2.24) is 19.9 Å². The number of ether oxygens (including phenoxy) is 2. The number of methoxy groups -OCH3 is 1. The minimum absolute atomic E-state index is 0.162. The lowest BCUT2D eigenvalue weighted by Crippen LogP contribution is -2.24. The molecule has 0 radical (unpaired) electrons. The Morgan fingerprint density at radius 1 is 1.12 bits per heavy atom. The van der Waals surface area contributed by atoms with E-state index in [1.807, 2.05) is 41.3 Å². The number of halogens is 1. The highest BCUT2D eigenvalue weighted by atomic mass is 19.1. The third-order valence-electron chi connectivity index (χ3n) is 5.70. The van der Waals surface area contributed by atoms with Crippen LogP contribution >= 0.6 is 0 Å². The van der Waals surface area contributed by atoms with E-state index in [1.165, 1.54) is 7.11 Å². The molecule has 2 aromatic heterocycles. The van der Waals surface area contributed by atoms with Crippen molar-refractivity contribution in [3.63, 3.8) is 0 Å². The molecular weight excluding hydrogens is 411 g/mol. The summed E-state index contributed by atoms with van der Waals surface area (Å²) in [5, 5.41) is 1.09. The molecule has 0 bridgehead atoms. The van der Waals surface area contributed by atoms with Crippen LogP contribution in [0.3, 0.4) is 0 Å². The van der Waals surface area contributed by atoms with Crippen LogP contribution < -0.4 is 0 Å². The molecule has 0 aliphatic carbocycles. The van der Waals surface area contributed by atoms with Crippen LogP contribution in [0.1, 0.15) is 21.9 Å². The Kier molecular flexibility index (Phi) is 5.55. The van der Waals surface area contributed by atoms with E-state index in [1.54, 1.807) is 18.2 Å². The quantitative estimate of drug-likeness (QED) is 0.467. The first-order chi connectivity index (χ1) is 15.6. The molecule has 1 aliphatic heterocycles. The number of alkyl halides is 1. The molecule has 1 fully saturated rings. The van der Waals surface area contributed by atoms with Gasteiger partial charge in [0.25, 0.3) is 0 Å². The Bertz CT molecular complexity index is 1270. The summed E-state index contributed by atoms with van der Waals surface area (Å²) in [6, 6.07) is 17.1. The van der Waals surface area contributed by atoms with Crippen LogP contribution in [0.15, 0.2) is 54.6 Å². The van der Waals surface area contributed by atoms with Gasteiger partial charge in [-0.1, -0.05) is 24.3 Å². The van der Waals surface area contributed by atoms with Crippen LogP contribution in [-0.2, 0) is 22.6 Å². The summed E-state index contributed by atoms with van der Waals surface area (Å²) in [4.78, 5) is 26.0. The number of hydrogen-bond acceptors (Lipinski definition) is 6. The van der Waals surface area contributed by atoms with Crippen LogP contribution in [0.2, 0.25) is 0 Å². The van der Waals surface area contributed by atoms with E-state index in [0.29, 0.717) is 42.1 Å². The minimum Gasteiger partial charge on any atom is -0.465 e. The summed E-state index contributed by atoms with van der Waals surface area (Å²) in [7, 11) is 1.34. The monoisotopic (exact) mass is 434 g/mol. The molecule has 0 saturated carbocycles. The van der Waals surface area contributed by atoms with Gasteiger partial charge in [0.1, 0.15) is 24.7 Å². The first-order valence-electron chi connectivity index (χ1n) is 10.5. The molecule has 32 heavy (non-hydrogen) atoms. The first-order valence-corrected chi connectivity index (χ1v) is 10.5. The zero-order valence-corrected chi connectivity index (χ0v) is 17.6. The minimum atomic E-state index is -1.08. The number of rotatable bonds is 6. The number of likely N-dealkylation sites (tertiary alicyclic amines) is 1. The average molecular weight is 434 g/mol. The summed E-state index contributed by atoms with van der Waals surface area (Å²) in [5.41, 5.74) is 3.71. The molecule has 1 saturated heterocycles. The van der Waals surface area contributed by atoms with Crippen molar-refractivity contribution in [3.8, 4) is 0 Å². The maximum absolute atomic E-state index is 14.6. The lowest BCUT2D eigenvalue weighted by atomic mass is 10.2. The summed E-state index contributed by atoms with van der Waals surface area (Å²) in [6.07, 6.45) is -1.61. The number of para-hydroxylation sites is 1. The molecule has 1 N–H and O–H groups in total. The Morgan fingerprint density at radius 2 is 2.00 bits per heavy atom. The Morgan fingerprint density at radius 3 is 2.88 bits per heavy atom. The third kappa shape index (κ3) is 4.19. The van der Waals surface area contributed by atoms with E-state index < -0.39 is 18.2 Å². The highest BCUT2D eigenvalue weighted by Crippen LogP contribution is 2.22. The van der Waals surface area contributed by atoms with Crippen LogP contribution in [0, 0.1) is 0 Å². The number of nitrogens with zero attached hydrogens (tertiary/aromatic N) is 3. The predicted octanol–water partition coefficient (Wildman–Crippen LogP) is 3.64. The molecule has 5 rings (SSSR count). The van der Waals surface area contributed by atoms with Gasteiger partial charge in [0.05, 0.1) is 34.9 Å². The van der Waals surface area contributed by atoms with E-state index in [2.05, 4.69) is 15.0 Å². The average Bonchev–Trinajstić information content (AvgIpc) is 3.38. The summed E-state index contributed by atoms with van der Waals surface area (Å²) in [5.74, 6) is 0.176. The van der Waals surface area contributed by atoms with Gasteiger partial charge in [-0.15, -0.1) is 0 Å². The molecule has 2 aromatic carbocycles. The number of carbonyl (C=O) groups is 1. The molecular formula is C24H23FN4O3. The Balaban J connectivity index is 1.21. The fourth-order valence-corrected chi connectivity index (χ4v) is 4.08. The van der Waals surface area contributed by atoms with E-state index in [4.69, 9.17) is 9.47 Å². The second-order valence-corrected chi connectivity index (χ2v) is 7.96. The molecule has 0 amide bonds. The number of carbonyl (C=O) groups excluding carboxylic acids is 1. The molecule has 3 heterocycles. The van der Waals surface area contributed by atoms with Gasteiger partial charge in [0.2, 0.25) is 0 Å². The van der Waals surface area contributed by atoms with Gasteiger partial charge in [0, 0.05) is 25.0 Å². The number of aromatic amines is 1. The van der Waals surface area contributed by atoms with Crippen LogP contribution in [0.4, 0.5) is 4.39 Å². The van der Waals surface area contributed by atoms with Crippen molar-refractivity contribution in [3.05, 3.63) is 71.7 Å². The molecule has 0 spiro atoms. The SMILES string of the molecule is COC(=O)c1ccc2nc(COC3CN(Cc4ccc5ccccc5n4)CC3F)[nH]c2c1. The van der Waals surface area contributed by atoms with Gasteiger partial charge < -0.3 is 14.5 Å². The van der Waals surface area contributed by atoms with Crippen molar-refractivity contribution in [2.24, 2.45) is 0 Å². The number of fused-ring (bicyclic) bond motifs is 2. The van der Waals surface area contributed by atoms with Gasteiger partial charge in [0.15, 0.2) is 0 Å². The summed E-state index contributed by atoms with van der Waals surface area (Å²) in [6.45, 7) is 1.53. The number of esters is 1. The predicted molar refractivity (Wildman–Crippen MR) is 118 cm³/mol. The lowest BCUT2D eigenvalue weighted by Gasteiger charge is -2.15. The van der Waals surface area contributed by atoms with Crippen molar-refractivity contribution >= 4 is 27.9 Å². The number of aromatic nitrogens is 3. The van der Waals surface area contributed by atoms with Gasteiger partial charge in [-0.25, -0.2) is 14.2 Å². The number of H-pyrrole nitrogens is 1. The fourth-order valence-electron chi connectivity index (χ4n) is 4.08. The zero-order valence-electron chi connectivity index (χ0n) is 17.6. The second kappa shape index (κ2) is 8.64. The zero-order chi connectivity index (χ0) is 22.1. The number of hydrogen-bond donors (Lipinski definition) is 1. The highest BCUT2D eigenvalue weighted by Gasteiger charge is 2.34. The molecule has 4 aromatic rings. The molecule has 7 nitrogen and oxygen atoms in total. The van der Waals surface area contributed by atoms with Crippen molar-refractivity contribution in [2.75, 3.05) is 20.2 Å². The molecule has 8 heteroatoms. The fraction of sp³-hybridized carbons (Fsp3) is 0.292. The lowest BCUT2D eigenvalue weighted by molar-refractivity contribution is 0.00861. The maximum Gasteiger partial charge on any atom is 0.337 e. The standard InChI is InChI=1S/C24H23FN4O3/c1-31-24(30)16-7-9-20-21(10-16)28-23(27-20)14-32-22-13-29(12-18(22)25)11-17-8-6-15-4-2-3-5-19(15)26-17/h2-10,18,22H,11-14H2,1H3,(H,27,28). The third-order valence-corrected chi connectivity index (χ3v) is 5.70. The first kappa shape index (κ1) is 20.5. The number of imidazole rings is 1. The summed E-state index contributed by atoms with van der Waals surface area (Å²) < 4.78 is 25.2. The van der Waals surface area contributed by atoms with E-state index in [0.717, 1.165) is 16.6 Å². The Hall–Kier alpha value is -3.36. The second-order valence-electron chi connectivity index (χ2n) is 7.96. The van der Waals surface area contributed by atoms with Gasteiger partial charge in [-0.05, 0) is 30.3 Å². The van der Waals surface area contributed by atoms with Gasteiger partial charge in [-0.2, -0.15) is 0 Å². The number of benzene rings is 2. The van der Waals surface area contributed by atoms with Crippen LogP contribution in [0.5, 0.6) is 0 Å². The van der Waals surface area contributed by atoms with Gasteiger partial charge in [-0.3, -0.25) is 9.88 Å². The van der Waals surface area contributed by atoms with E-state index in [-0.39, 0.29) is 6.61 Å². The molecule has 2 atom stereocenters. The van der Waals surface area contributed by atoms with Gasteiger partial charge >= 0.3 is 5.97 Å². The van der Waals surface area contributed by atoms with Crippen molar-refractivity contribution in [2.45, 2.75) is 25.4 Å². The highest BCUT2D eigenvalue weighted by molar-refractivity contribution is 5.93. The Labute approximate surface area is 184 Å². The smallest absolute Gasteiger partial charge is 0.337 e. The molecule has 2 unspecified atom stereocenters. The van der Waals surface area contributed by atoms with E-state index >= 15 is 0 Å².